The Morgan fingerprint density at radius 2 is 1.68 bits per heavy atom. The van der Waals surface area contributed by atoms with Crippen LogP contribution in [0.25, 0.3) is 0 Å². The monoisotopic (exact) mass is 302 g/mol. The molecule has 2 rings (SSSR count). The Labute approximate surface area is 134 Å². The van der Waals surface area contributed by atoms with E-state index in [0.29, 0.717) is 6.04 Å². The van der Waals surface area contributed by atoms with Gasteiger partial charge in [0, 0.05) is 6.04 Å². The van der Waals surface area contributed by atoms with E-state index in [2.05, 4.69) is 17.6 Å². The summed E-state index contributed by atoms with van der Waals surface area (Å²) < 4.78 is 0. The molecule has 0 spiro atoms. The number of carbonyl (C=O) groups is 1. The molecule has 0 aromatic heterocycles. The minimum atomic E-state index is -0.150. The molecule has 0 aliphatic heterocycles. The Balaban J connectivity index is 1.81. The van der Waals surface area contributed by atoms with E-state index in [9.17, 15) is 4.79 Å². The highest BCUT2D eigenvalue weighted by Crippen LogP contribution is 2.26. The molecule has 1 aliphatic rings. The standard InChI is InChI=1S/C19H30N2O/c1-14(17-10-6-4-7-11-17)20-16(3)19(22)21-15(2)18-12-8-5-9-13-18/h5,8-9,12-17,20H,4,6-7,10-11H2,1-3H3,(H,21,22). The van der Waals surface area contributed by atoms with Gasteiger partial charge >= 0.3 is 0 Å². The summed E-state index contributed by atoms with van der Waals surface area (Å²) in [7, 11) is 0. The van der Waals surface area contributed by atoms with Crippen LogP contribution >= 0.6 is 0 Å². The first-order valence-electron chi connectivity index (χ1n) is 8.69. The van der Waals surface area contributed by atoms with Gasteiger partial charge in [-0.3, -0.25) is 4.79 Å². The Kier molecular flexibility index (Phi) is 6.44. The maximum absolute atomic E-state index is 12.4. The lowest BCUT2D eigenvalue weighted by Gasteiger charge is -2.30. The van der Waals surface area contributed by atoms with Crippen LogP contribution in [0.4, 0.5) is 0 Å². The summed E-state index contributed by atoms with van der Waals surface area (Å²) in [5, 5.41) is 6.60. The van der Waals surface area contributed by atoms with Crippen LogP contribution in [0.2, 0.25) is 0 Å². The van der Waals surface area contributed by atoms with Gasteiger partial charge in [0.25, 0.3) is 0 Å². The zero-order valence-corrected chi connectivity index (χ0v) is 14.1. The van der Waals surface area contributed by atoms with Crippen molar-refractivity contribution in [2.75, 3.05) is 0 Å². The van der Waals surface area contributed by atoms with Crippen LogP contribution in [0.5, 0.6) is 0 Å². The highest BCUT2D eigenvalue weighted by Gasteiger charge is 2.24. The minimum Gasteiger partial charge on any atom is -0.348 e. The molecule has 0 heterocycles. The molecule has 1 aromatic carbocycles. The van der Waals surface area contributed by atoms with Gasteiger partial charge in [0.05, 0.1) is 12.1 Å². The Bertz CT molecular complexity index is 454. The normalized spacial score (nSPS) is 20.1. The Morgan fingerprint density at radius 1 is 1.05 bits per heavy atom. The summed E-state index contributed by atoms with van der Waals surface area (Å²) in [5.74, 6) is 0.801. The summed E-state index contributed by atoms with van der Waals surface area (Å²) in [4.78, 5) is 12.4. The van der Waals surface area contributed by atoms with Crippen molar-refractivity contribution in [2.24, 2.45) is 5.92 Å². The molecule has 3 heteroatoms. The summed E-state index contributed by atoms with van der Waals surface area (Å²) in [6.45, 7) is 6.22. The van der Waals surface area contributed by atoms with Gasteiger partial charge in [-0.25, -0.2) is 0 Å². The van der Waals surface area contributed by atoms with Crippen LogP contribution < -0.4 is 10.6 Å². The van der Waals surface area contributed by atoms with E-state index < -0.39 is 0 Å². The van der Waals surface area contributed by atoms with Gasteiger partial charge in [0.1, 0.15) is 0 Å². The molecule has 0 saturated heterocycles. The zero-order chi connectivity index (χ0) is 15.9. The molecule has 2 N–H and O–H groups in total. The summed E-state index contributed by atoms with van der Waals surface area (Å²) >= 11 is 0. The van der Waals surface area contributed by atoms with Crippen molar-refractivity contribution in [3.05, 3.63) is 35.9 Å². The third kappa shape index (κ3) is 4.84. The largest absolute Gasteiger partial charge is 0.348 e. The number of benzene rings is 1. The van der Waals surface area contributed by atoms with Crippen LogP contribution in [0, 0.1) is 5.92 Å². The molecule has 1 amide bonds. The molecule has 3 nitrogen and oxygen atoms in total. The van der Waals surface area contributed by atoms with Crippen molar-refractivity contribution < 1.29 is 4.79 Å². The molecule has 1 aliphatic carbocycles. The average molecular weight is 302 g/mol. The number of hydrogen-bond donors (Lipinski definition) is 2. The lowest BCUT2D eigenvalue weighted by molar-refractivity contribution is -0.123. The smallest absolute Gasteiger partial charge is 0.237 e. The fourth-order valence-corrected chi connectivity index (χ4v) is 3.40. The summed E-state index contributed by atoms with van der Waals surface area (Å²) in [5.41, 5.74) is 1.14. The third-order valence-electron chi connectivity index (χ3n) is 4.92. The van der Waals surface area contributed by atoms with E-state index in [4.69, 9.17) is 0 Å². The van der Waals surface area contributed by atoms with E-state index in [0.717, 1.165) is 11.5 Å². The third-order valence-corrected chi connectivity index (χ3v) is 4.92. The molecule has 3 unspecified atom stereocenters. The van der Waals surface area contributed by atoms with Crippen LogP contribution in [0.3, 0.4) is 0 Å². The van der Waals surface area contributed by atoms with E-state index in [1.54, 1.807) is 0 Å². The van der Waals surface area contributed by atoms with Crippen LogP contribution in [0.15, 0.2) is 30.3 Å². The lowest BCUT2D eigenvalue weighted by Crippen LogP contribution is -2.48. The number of amides is 1. The molecule has 1 aromatic rings. The van der Waals surface area contributed by atoms with Crippen molar-refractivity contribution >= 4 is 5.91 Å². The molecular weight excluding hydrogens is 272 g/mol. The van der Waals surface area contributed by atoms with E-state index in [1.807, 2.05) is 44.2 Å². The highest BCUT2D eigenvalue weighted by atomic mass is 16.2. The Morgan fingerprint density at radius 3 is 2.32 bits per heavy atom. The van der Waals surface area contributed by atoms with Crippen LogP contribution in [-0.4, -0.2) is 18.0 Å². The average Bonchev–Trinajstić information content (AvgIpc) is 2.56. The molecule has 22 heavy (non-hydrogen) atoms. The van der Waals surface area contributed by atoms with Crippen molar-refractivity contribution in [1.29, 1.82) is 0 Å². The predicted octanol–water partition coefficient (Wildman–Crippen LogP) is 3.81. The van der Waals surface area contributed by atoms with Gasteiger partial charge in [-0.2, -0.15) is 0 Å². The molecule has 0 bridgehead atoms. The number of rotatable bonds is 6. The molecule has 3 atom stereocenters. The van der Waals surface area contributed by atoms with E-state index in [-0.39, 0.29) is 18.0 Å². The molecule has 122 valence electrons. The van der Waals surface area contributed by atoms with Crippen molar-refractivity contribution in [3.63, 3.8) is 0 Å². The second kappa shape index (κ2) is 8.33. The first-order chi connectivity index (χ1) is 10.6. The van der Waals surface area contributed by atoms with Gasteiger partial charge in [0.15, 0.2) is 0 Å². The quantitative estimate of drug-likeness (QED) is 0.839. The van der Waals surface area contributed by atoms with Crippen molar-refractivity contribution in [1.82, 2.24) is 10.6 Å². The first-order valence-corrected chi connectivity index (χ1v) is 8.69. The van der Waals surface area contributed by atoms with Gasteiger partial charge in [-0.05, 0) is 45.1 Å². The number of nitrogens with one attached hydrogen (secondary N) is 2. The highest BCUT2D eigenvalue weighted by molar-refractivity contribution is 5.81. The maximum Gasteiger partial charge on any atom is 0.237 e. The van der Waals surface area contributed by atoms with E-state index in [1.165, 1.54) is 32.1 Å². The molecule has 1 saturated carbocycles. The fourth-order valence-electron chi connectivity index (χ4n) is 3.40. The second-order valence-corrected chi connectivity index (χ2v) is 6.72. The van der Waals surface area contributed by atoms with Gasteiger partial charge in [-0.15, -0.1) is 0 Å². The van der Waals surface area contributed by atoms with Gasteiger partial charge < -0.3 is 10.6 Å². The minimum absolute atomic E-state index is 0.0444. The second-order valence-electron chi connectivity index (χ2n) is 6.72. The SMILES string of the molecule is CC(NC(C)C1CCCCC1)C(=O)NC(C)c1ccccc1. The maximum atomic E-state index is 12.4. The van der Waals surface area contributed by atoms with Crippen LogP contribution in [-0.2, 0) is 4.79 Å². The lowest BCUT2D eigenvalue weighted by atomic mass is 9.84. The predicted molar refractivity (Wildman–Crippen MR) is 91.6 cm³/mol. The van der Waals surface area contributed by atoms with Crippen molar-refractivity contribution in [3.8, 4) is 0 Å². The van der Waals surface area contributed by atoms with Gasteiger partial charge in [-0.1, -0.05) is 49.6 Å². The topological polar surface area (TPSA) is 41.1 Å². The fraction of sp³-hybridized carbons (Fsp3) is 0.632. The first kappa shape index (κ1) is 17.0. The van der Waals surface area contributed by atoms with Crippen LogP contribution in [0.1, 0.15) is 64.5 Å². The number of hydrogen-bond acceptors (Lipinski definition) is 2. The summed E-state index contributed by atoms with van der Waals surface area (Å²) in [6, 6.07) is 10.4. The zero-order valence-electron chi connectivity index (χ0n) is 14.1. The summed E-state index contributed by atoms with van der Waals surface area (Å²) in [6.07, 6.45) is 6.63. The molecular formula is C19H30N2O. The van der Waals surface area contributed by atoms with E-state index >= 15 is 0 Å². The van der Waals surface area contributed by atoms with Gasteiger partial charge in [0.2, 0.25) is 5.91 Å². The molecule has 1 fully saturated rings. The number of carbonyl (C=O) groups excluding carboxylic acids is 1. The van der Waals surface area contributed by atoms with Crippen molar-refractivity contribution in [2.45, 2.75) is 71.0 Å². The molecule has 0 radical (unpaired) electrons. The Hall–Kier alpha value is -1.35.